The molecule has 0 radical (unpaired) electrons. The molecule has 0 fully saturated rings. The first kappa shape index (κ1) is 41.6. The number of rotatable bonds is 10. The summed E-state index contributed by atoms with van der Waals surface area (Å²) in [6.07, 6.45) is 5.73. The van der Waals surface area contributed by atoms with Crippen LogP contribution in [0.15, 0.2) is 267 Å². The van der Waals surface area contributed by atoms with E-state index in [0.29, 0.717) is 11.5 Å². The molecule has 3 aromatic heterocycles. The molecule has 0 saturated heterocycles. The SMILES string of the molecule is [c-]1n(-c2ccc(-c3cc(-c4ccccc4)cc(-c4ccccc4)c3)c(Oc3ccc4c5ccccc5n(-c5ccccn5)c4c3)c2)c2ccccc2[n+]1-c1c(-c2ccccc2)cccc1-c1ccccc1. The molecule has 13 aromatic rings. The number of benzene rings is 10. The van der Waals surface area contributed by atoms with E-state index >= 15 is 0 Å². The summed E-state index contributed by atoms with van der Waals surface area (Å²) in [5.74, 6) is 2.26. The van der Waals surface area contributed by atoms with Gasteiger partial charge in [0.05, 0.1) is 33.4 Å². The van der Waals surface area contributed by atoms with Gasteiger partial charge in [0.15, 0.2) is 0 Å². The van der Waals surface area contributed by atoms with E-state index in [2.05, 4.69) is 269 Å². The third kappa shape index (κ3) is 7.63. The Balaban J connectivity index is 1.03. The normalized spacial score (nSPS) is 11.4. The van der Waals surface area contributed by atoms with Gasteiger partial charge in [-0.05, 0) is 111 Å². The van der Waals surface area contributed by atoms with Gasteiger partial charge in [-0.2, -0.15) is 0 Å². The molecule has 0 aliphatic heterocycles. The molecule has 5 nitrogen and oxygen atoms in total. The molecule has 3 heterocycles. The van der Waals surface area contributed by atoms with E-state index in [0.717, 1.165) is 106 Å². The van der Waals surface area contributed by atoms with Gasteiger partial charge in [0, 0.05) is 28.6 Å². The first-order valence-corrected chi connectivity index (χ1v) is 23.9. The molecule has 5 heteroatoms. The first-order chi connectivity index (χ1) is 35.2. The van der Waals surface area contributed by atoms with Gasteiger partial charge < -0.3 is 4.74 Å². The second-order valence-corrected chi connectivity index (χ2v) is 17.7. The minimum Gasteiger partial charge on any atom is -0.457 e. The third-order valence-electron chi connectivity index (χ3n) is 13.4. The Labute approximate surface area is 412 Å². The minimum atomic E-state index is 0.707. The highest BCUT2D eigenvalue weighted by atomic mass is 16.5. The highest BCUT2D eigenvalue weighted by Crippen LogP contribution is 2.42. The van der Waals surface area contributed by atoms with Crippen LogP contribution < -0.4 is 9.30 Å². The molecule has 0 saturated carbocycles. The standard InChI is InChI=1S/C66H44N4O/c1-5-20-46(21-6-1)50-40-51(47-22-7-2-8-23-47)42-52(41-50)55-37-35-53(43-64(55)71-54-36-38-59-58-28-13-14-31-60(58)70(63(59)44-54)65-34-17-18-39-67-65)68-45-69(62-33-16-15-32-61(62)68)66-56(48-24-9-3-10-25-48)29-19-30-57(66)49-26-11-4-12-27-49/h1-44H. The van der Waals surface area contributed by atoms with Crippen molar-refractivity contribution in [2.24, 2.45) is 0 Å². The van der Waals surface area contributed by atoms with Crippen molar-refractivity contribution >= 4 is 32.8 Å². The van der Waals surface area contributed by atoms with Crippen LogP contribution in [0.5, 0.6) is 11.5 Å². The summed E-state index contributed by atoms with van der Waals surface area (Å²) in [7, 11) is 0. The molecule has 0 unspecified atom stereocenters. The van der Waals surface area contributed by atoms with E-state index in [-0.39, 0.29) is 0 Å². The molecule has 0 aliphatic carbocycles. The van der Waals surface area contributed by atoms with Gasteiger partial charge in [-0.15, -0.1) is 0 Å². The van der Waals surface area contributed by atoms with Crippen molar-refractivity contribution in [3.05, 3.63) is 273 Å². The van der Waals surface area contributed by atoms with Gasteiger partial charge >= 0.3 is 0 Å². The summed E-state index contributed by atoms with van der Waals surface area (Å²) < 4.78 is 13.9. The molecular formula is C66H44N4O. The van der Waals surface area contributed by atoms with E-state index in [4.69, 9.17) is 9.72 Å². The number of hydrogen-bond acceptors (Lipinski definition) is 2. The quantitative estimate of drug-likeness (QED) is 0.101. The zero-order chi connectivity index (χ0) is 47.1. The number of ether oxygens (including phenoxy) is 1. The number of hydrogen-bond donors (Lipinski definition) is 0. The fourth-order valence-electron chi connectivity index (χ4n) is 10.1. The summed E-state index contributed by atoms with van der Waals surface area (Å²) in [5.41, 5.74) is 17.1. The van der Waals surface area contributed by atoms with Crippen molar-refractivity contribution in [3.8, 4) is 84.3 Å². The van der Waals surface area contributed by atoms with E-state index in [1.807, 2.05) is 18.3 Å². The van der Waals surface area contributed by atoms with Gasteiger partial charge in [0.2, 0.25) is 0 Å². The van der Waals surface area contributed by atoms with Gasteiger partial charge in [-0.1, -0.05) is 194 Å². The maximum Gasteiger partial charge on any atom is 0.269 e. The molecule has 71 heavy (non-hydrogen) atoms. The number of pyridine rings is 1. The van der Waals surface area contributed by atoms with Crippen molar-refractivity contribution in [1.29, 1.82) is 0 Å². The largest absolute Gasteiger partial charge is 0.457 e. The molecule has 10 aromatic carbocycles. The topological polar surface area (TPSA) is 35.9 Å². The summed E-state index contributed by atoms with van der Waals surface area (Å²) in [4.78, 5) is 4.81. The highest BCUT2D eigenvalue weighted by molar-refractivity contribution is 6.09. The van der Waals surface area contributed by atoms with Crippen molar-refractivity contribution in [2.45, 2.75) is 0 Å². The van der Waals surface area contributed by atoms with Crippen molar-refractivity contribution < 1.29 is 9.30 Å². The molecule has 0 spiro atoms. The lowest BCUT2D eigenvalue weighted by Crippen LogP contribution is -2.31. The van der Waals surface area contributed by atoms with Crippen LogP contribution >= 0.6 is 0 Å². The van der Waals surface area contributed by atoms with Crippen LogP contribution in [0, 0.1) is 6.33 Å². The zero-order valence-corrected chi connectivity index (χ0v) is 38.6. The zero-order valence-electron chi connectivity index (χ0n) is 38.6. The van der Waals surface area contributed by atoms with Gasteiger partial charge in [0.1, 0.15) is 17.3 Å². The highest BCUT2D eigenvalue weighted by Gasteiger charge is 2.22. The third-order valence-corrected chi connectivity index (χ3v) is 13.4. The number of para-hydroxylation sites is 4. The predicted octanol–water partition coefficient (Wildman–Crippen LogP) is 16.3. The minimum absolute atomic E-state index is 0.707. The number of nitrogens with zero attached hydrogens (tertiary/aromatic N) is 4. The summed E-state index contributed by atoms with van der Waals surface area (Å²) in [5, 5.41) is 2.28. The molecule has 0 bridgehead atoms. The fraction of sp³-hybridized carbons (Fsp3) is 0. The Morgan fingerprint density at radius 3 is 1.59 bits per heavy atom. The Morgan fingerprint density at radius 2 is 0.944 bits per heavy atom. The molecular weight excluding hydrogens is 865 g/mol. The van der Waals surface area contributed by atoms with Gasteiger partial charge in [0.25, 0.3) is 6.33 Å². The Hall–Kier alpha value is -9.58. The van der Waals surface area contributed by atoms with Crippen molar-refractivity contribution in [2.75, 3.05) is 0 Å². The second-order valence-electron chi connectivity index (χ2n) is 17.7. The van der Waals surface area contributed by atoms with E-state index in [1.165, 1.54) is 0 Å². The van der Waals surface area contributed by atoms with Gasteiger partial charge in [-0.3, -0.25) is 13.7 Å². The number of imidazole rings is 1. The summed E-state index contributed by atoms with van der Waals surface area (Å²) >= 11 is 0. The van der Waals surface area contributed by atoms with Crippen molar-refractivity contribution in [1.82, 2.24) is 14.1 Å². The monoisotopic (exact) mass is 908 g/mol. The number of fused-ring (bicyclic) bond motifs is 4. The number of aromatic nitrogens is 4. The van der Waals surface area contributed by atoms with Crippen molar-refractivity contribution in [3.63, 3.8) is 0 Å². The van der Waals surface area contributed by atoms with Crippen LogP contribution in [0.2, 0.25) is 0 Å². The van der Waals surface area contributed by atoms with Crippen LogP contribution in [0.4, 0.5) is 0 Å². The average Bonchev–Trinajstić information content (AvgIpc) is 4.00. The molecule has 0 amide bonds. The van der Waals surface area contributed by atoms with Crippen LogP contribution in [-0.2, 0) is 0 Å². The fourth-order valence-corrected chi connectivity index (χ4v) is 10.1. The van der Waals surface area contributed by atoms with Crippen LogP contribution in [0.25, 0.3) is 106 Å². The lowest BCUT2D eigenvalue weighted by Gasteiger charge is -2.17. The Kier molecular flexibility index (Phi) is 10.4. The molecule has 13 rings (SSSR count). The van der Waals surface area contributed by atoms with Crippen LogP contribution in [0.3, 0.4) is 0 Å². The first-order valence-electron chi connectivity index (χ1n) is 23.9. The average molecular weight is 909 g/mol. The van der Waals surface area contributed by atoms with E-state index < -0.39 is 0 Å². The van der Waals surface area contributed by atoms with E-state index in [1.54, 1.807) is 0 Å². The van der Waals surface area contributed by atoms with Crippen LogP contribution in [-0.4, -0.2) is 14.1 Å². The molecule has 0 aliphatic rings. The second kappa shape index (κ2) is 17.8. The smallest absolute Gasteiger partial charge is 0.269 e. The molecule has 0 atom stereocenters. The Bertz CT molecular complexity index is 3940. The predicted molar refractivity (Wildman–Crippen MR) is 289 cm³/mol. The Morgan fingerprint density at radius 1 is 0.380 bits per heavy atom. The maximum absolute atomic E-state index is 7.30. The van der Waals surface area contributed by atoms with Gasteiger partial charge in [-0.25, -0.2) is 4.98 Å². The van der Waals surface area contributed by atoms with E-state index in [9.17, 15) is 0 Å². The summed E-state index contributed by atoms with van der Waals surface area (Å²) in [6.45, 7) is 0. The van der Waals surface area contributed by atoms with Crippen LogP contribution in [0.1, 0.15) is 0 Å². The molecule has 334 valence electrons. The lowest BCUT2D eigenvalue weighted by molar-refractivity contribution is -0.571. The maximum atomic E-state index is 7.30. The lowest BCUT2D eigenvalue weighted by atomic mass is 9.93. The summed E-state index contributed by atoms with van der Waals surface area (Å²) in [6, 6.07) is 91.9. The molecule has 0 N–H and O–H groups in total.